The first-order valence-electron chi connectivity index (χ1n) is 5.03. The third-order valence-electron chi connectivity index (χ3n) is 2.55. The maximum Gasteiger partial charge on any atom is 0.335 e. The molecule has 0 fully saturated rings. The topological polar surface area (TPSA) is 42.2 Å². The molecule has 0 spiro atoms. The van der Waals surface area contributed by atoms with E-state index in [1.54, 1.807) is 23.9 Å². The molecule has 4 heteroatoms. The van der Waals surface area contributed by atoms with E-state index in [4.69, 9.17) is 5.11 Å². The van der Waals surface area contributed by atoms with Crippen LogP contribution in [0.5, 0.6) is 0 Å². The van der Waals surface area contributed by atoms with Crippen LogP contribution in [0.1, 0.15) is 10.4 Å². The quantitative estimate of drug-likeness (QED) is 0.886. The van der Waals surface area contributed by atoms with Crippen molar-refractivity contribution in [3.63, 3.8) is 0 Å². The van der Waals surface area contributed by atoms with Crippen molar-refractivity contribution in [2.24, 2.45) is 0 Å². The fourth-order valence-electron chi connectivity index (χ4n) is 1.72. The van der Waals surface area contributed by atoms with Crippen molar-refractivity contribution < 1.29 is 9.90 Å². The highest BCUT2D eigenvalue weighted by Crippen LogP contribution is 2.18. The van der Waals surface area contributed by atoms with Gasteiger partial charge in [-0.15, -0.1) is 0 Å². The Balaban J connectivity index is 2.38. The molecule has 0 bridgehead atoms. The average molecular weight is 235 g/mol. The zero-order chi connectivity index (χ0) is 11.5. The average Bonchev–Trinajstić information content (AvgIpc) is 2.68. The molecule has 16 heavy (non-hydrogen) atoms. The minimum Gasteiger partial charge on any atom is -0.478 e. The van der Waals surface area contributed by atoms with Gasteiger partial charge in [-0.25, -0.2) is 4.79 Å². The second kappa shape index (κ2) is 4.61. The third kappa shape index (κ3) is 2.07. The van der Waals surface area contributed by atoms with Crippen LogP contribution in [-0.2, 0) is 6.54 Å². The minimum atomic E-state index is -0.876. The molecule has 1 N–H and O–H groups in total. The van der Waals surface area contributed by atoms with Crippen molar-refractivity contribution in [1.29, 1.82) is 0 Å². The first-order chi connectivity index (χ1) is 7.72. The number of rotatable bonds is 4. The lowest BCUT2D eigenvalue weighted by atomic mass is 10.1. The molecule has 0 aliphatic rings. The summed E-state index contributed by atoms with van der Waals surface area (Å²) >= 11 is 1.80. The van der Waals surface area contributed by atoms with Crippen molar-refractivity contribution in [3.8, 4) is 0 Å². The predicted molar refractivity (Wildman–Crippen MR) is 67.3 cm³/mol. The number of aromatic carboxylic acids is 1. The Morgan fingerprint density at radius 3 is 2.94 bits per heavy atom. The molecule has 3 nitrogen and oxygen atoms in total. The number of aryl methyl sites for hydroxylation is 1. The molecule has 0 amide bonds. The number of hydrogen-bond donors (Lipinski definition) is 1. The number of carboxylic acids is 1. The summed E-state index contributed by atoms with van der Waals surface area (Å²) in [4.78, 5) is 10.8. The Morgan fingerprint density at radius 2 is 2.25 bits per heavy atom. The molecule has 2 rings (SSSR count). The van der Waals surface area contributed by atoms with Gasteiger partial charge < -0.3 is 9.67 Å². The van der Waals surface area contributed by atoms with E-state index < -0.39 is 5.97 Å². The summed E-state index contributed by atoms with van der Waals surface area (Å²) in [6.07, 6.45) is 4.08. The van der Waals surface area contributed by atoms with Gasteiger partial charge in [0.1, 0.15) is 0 Å². The maximum atomic E-state index is 10.8. The van der Waals surface area contributed by atoms with Gasteiger partial charge in [0.25, 0.3) is 0 Å². The van der Waals surface area contributed by atoms with Crippen molar-refractivity contribution in [3.05, 3.63) is 36.0 Å². The number of nitrogens with zero attached hydrogens (tertiary/aromatic N) is 1. The van der Waals surface area contributed by atoms with Crippen LogP contribution >= 0.6 is 11.8 Å². The lowest BCUT2D eigenvalue weighted by molar-refractivity contribution is 0.0697. The lowest BCUT2D eigenvalue weighted by Gasteiger charge is -2.03. The molecule has 0 atom stereocenters. The second-order valence-electron chi connectivity index (χ2n) is 3.58. The Hall–Kier alpha value is -1.42. The van der Waals surface area contributed by atoms with Crippen LogP contribution in [0.2, 0.25) is 0 Å². The largest absolute Gasteiger partial charge is 0.478 e. The molecule has 0 unspecified atom stereocenters. The fraction of sp³-hybridized carbons (Fsp3) is 0.250. The van der Waals surface area contributed by atoms with E-state index >= 15 is 0 Å². The molecular weight excluding hydrogens is 222 g/mol. The van der Waals surface area contributed by atoms with Gasteiger partial charge in [0.05, 0.1) is 5.56 Å². The minimum absolute atomic E-state index is 0.343. The molecular formula is C12H13NO2S. The van der Waals surface area contributed by atoms with E-state index in [9.17, 15) is 4.79 Å². The van der Waals surface area contributed by atoms with Gasteiger partial charge in [-0.3, -0.25) is 0 Å². The molecule has 0 aliphatic carbocycles. The van der Waals surface area contributed by atoms with Crippen molar-refractivity contribution >= 4 is 28.6 Å². The predicted octanol–water partition coefficient (Wildman–Crippen LogP) is 2.70. The van der Waals surface area contributed by atoms with Gasteiger partial charge in [0, 0.05) is 29.4 Å². The van der Waals surface area contributed by atoms with Crippen LogP contribution < -0.4 is 0 Å². The highest BCUT2D eigenvalue weighted by atomic mass is 32.2. The number of carboxylic acid groups (broad SMARTS) is 1. The Labute approximate surface area is 98.1 Å². The smallest absolute Gasteiger partial charge is 0.335 e. The number of thioether (sulfide) groups is 1. The molecule has 0 aliphatic heterocycles. The van der Waals surface area contributed by atoms with E-state index in [-0.39, 0.29) is 0 Å². The van der Waals surface area contributed by atoms with E-state index in [0.29, 0.717) is 5.56 Å². The number of fused-ring (bicyclic) bond motifs is 1. The van der Waals surface area contributed by atoms with E-state index in [2.05, 4.69) is 10.8 Å². The van der Waals surface area contributed by atoms with Gasteiger partial charge >= 0.3 is 5.97 Å². The molecule has 2 aromatic rings. The number of carbonyl (C=O) groups is 1. The van der Waals surface area contributed by atoms with E-state index in [1.165, 1.54) is 0 Å². The zero-order valence-electron chi connectivity index (χ0n) is 9.01. The summed E-state index contributed by atoms with van der Waals surface area (Å²) in [5.74, 6) is 0.184. The van der Waals surface area contributed by atoms with Gasteiger partial charge in [0.15, 0.2) is 0 Å². The molecule has 0 saturated carbocycles. The first kappa shape index (κ1) is 11.1. The van der Waals surface area contributed by atoms with Crippen molar-refractivity contribution in [2.45, 2.75) is 6.54 Å². The van der Waals surface area contributed by atoms with Crippen molar-refractivity contribution in [1.82, 2.24) is 4.57 Å². The van der Waals surface area contributed by atoms with Gasteiger partial charge in [-0.2, -0.15) is 11.8 Å². The van der Waals surface area contributed by atoms with E-state index in [1.807, 2.05) is 18.3 Å². The number of aromatic nitrogens is 1. The lowest BCUT2D eigenvalue weighted by Crippen LogP contribution is -1.99. The standard InChI is InChI=1S/C12H13NO2S/c1-16-7-6-13-5-4-9-8-10(12(14)15)2-3-11(9)13/h2-5,8H,6-7H2,1H3,(H,14,15). The SMILES string of the molecule is CSCCn1ccc2cc(C(=O)O)ccc21. The Morgan fingerprint density at radius 1 is 1.44 bits per heavy atom. The summed E-state index contributed by atoms with van der Waals surface area (Å²) in [7, 11) is 0. The second-order valence-corrected chi connectivity index (χ2v) is 4.57. The first-order valence-corrected chi connectivity index (χ1v) is 6.43. The monoisotopic (exact) mass is 235 g/mol. The van der Waals surface area contributed by atoms with Crippen LogP contribution in [0, 0.1) is 0 Å². The van der Waals surface area contributed by atoms with Crippen LogP contribution in [-0.4, -0.2) is 27.7 Å². The summed E-state index contributed by atoms with van der Waals surface area (Å²) < 4.78 is 2.15. The van der Waals surface area contributed by atoms with Gasteiger partial charge in [-0.1, -0.05) is 0 Å². The van der Waals surface area contributed by atoms with Crippen molar-refractivity contribution in [2.75, 3.05) is 12.0 Å². The number of hydrogen-bond acceptors (Lipinski definition) is 2. The molecule has 0 radical (unpaired) electrons. The van der Waals surface area contributed by atoms with E-state index in [0.717, 1.165) is 23.2 Å². The van der Waals surface area contributed by atoms with Crippen LogP contribution in [0.3, 0.4) is 0 Å². The molecule has 1 heterocycles. The molecule has 1 aromatic heterocycles. The molecule has 84 valence electrons. The molecule has 0 saturated heterocycles. The van der Waals surface area contributed by atoms with Crippen LogP contribution in [0.4, 0.5) is 0 Å². The maximum absolute atomic E-state index is 10.8. The Bertz CT molecular complexity index is 519. The molecule has 1 aromatic carbocycles. The Kier molecular flexibility index (Phi) is 3.19. The normalized spacial score (nSPS) is 10.8. The zero-order valence-corrected chi connectivity index (χ0v) is 9.83. The van der Waals surface area contributed by atoms with Gasteiger partial charge in [-0.05, 0) is 30.5 Å². The van der Waals surface area contributed by atoms with Crippen LogP contribution in [0.25, 0.3) is 10.9 Å². The number of benzene rings is 1. The highest BCUT2D eigenvalue weighted by Gasteiger charge is 2.06. The van der Waals surface area contributed by atoms with Gasteiger partial charge in [0.2, 0.25) is 0 Å². The highest BCUT2D eigenvalue weighted by molar-refractivity contribution is 7.98. The van der Waals surface area contributed by atoms with Crippen LogP contribution in [0.15, 0.2) is 30.5 Å². The summed E-state index contributed by atoms with van der Waals surface area (Å²) in [5, 5.41) is 9.87. The third-order valence-corrected chi connectivity index (χ3v) is 3.15. The summed E-state index contributed by atoms with van der Waals surface area (Å²) in [5.41, 5.74) is 1.44. The summed E-state index contributed by atoms with van der Waals surface area (Å²) in [6, 6.07) is 7.20. The summed E-state index contributed by atoms with van der Waals surface area (Å²) in [6.45, 7) is 0.955. The fourth-order valence-corrected chi connectivity index (χ4v) is 2.10.